The van der Waals surface area contributed by atoms with Gasteiger partial charge in [-0.15, -0.1) is 0 Å². The summed E-state index contributed by atoms with van der Waals surface area (Å²) < 4.78 is 11.6. The van der Waals surface area contributed by atoms with Crippen molar-refractivity contribution in [2.45, 2.75) is 110 Å². The number of carbonyl (C=O) groups is 1. The van der Waals surface area contributed by atoms with Gasteiger partial charge < -0.3 is 9.47 Å². The van der Waals surface area contributed by atoms with E-state index in [0.29, 0.717) is 5.75 Å². The number of ether oxygens (including phenoxy) is 2. The summed E-state index contributed by atoms with van der Waals surface area (Å²) in [6.45, 7) is 5.27. The predicted molar refractivity (Wildman–Crippen MR) is 148 cm³/mol. The third-order valence-electron chi connectivity index (χ3n) is 7.52. The lowest BCUT2D eigenvalue weighted by atomic mass is 9.80. The molecule has 0 unspecified atom stereocenters. The quantitative estimate of drug-likeness (QED) is 0.173. The Labute approximate surface area is 219 Å². The number of pyridine rings is 1. The predicted octanol–water partition coefficient (Wildman–Crippen LogP) is 9.17. The Kier molecular flexibility index (Phi) is 12.9. The van der Waals surface area contributed by atoms with Gasteiger partial charge in [0.2, 0.25) is 0 Å². The van der Waals surface area contributed by atoms with Crippen LogP contribution in [0.15, 0.2) is 42.6 Å². The zero-order valence-corrected chi connectivity index (χ0v) is 22.7. The summed E-state index contributed by atoms with van der Waals surface area (Å²) in [7, 11) is 0. The van der Waals surface area contributed by atoms with Gasteiger partial charge in [0.05, 0.1) is 24.4 Å². The van der Waals surface area contributed by atoms with Crippen LogP contribution in [-0.4, -0.2) is 17.6 Å². The Bertz CT molecular complexity index is 854. The smallest absolute Gasteiger partial charge is 0.314 e. The lowest BCUT2D eigenvalue weighted by molar-refractivity contribution is -0.140. The molecule has 0 N–H and O–H groups in total. The van der Waals surface area contributed by atoms with Crippen molar-refractivity contribution in [1.29, 1.82) is 0 Å². The van der Waals surface area contributed by atoms with Crippen LogP contribution in [0, 0.1) is 11.8 Å². The van der Waals surface area contributed by atoms with Gasteiger partial charge in [-0.3, -0.25) is 9.78 Å². The van der Waals surface area contributed by atoms with Crippen LogP contribution in [0.25, 0.3) is 11.3 Å². The second kappa shape index (κ2) is 16.4. The first-order valence-corrected chi connectivity index (χ1v) is 14.6. The molecule has 0 saturated heterocycles. The summed E-state index contributed by atoms with van der Waals surface area (Å²) in [5, 5.41) is 0. The summed E-state index contributed by atoms with van der Waals surface area (Å²) >= 11 is 0. The van der Waals surface area contributed by atoms with Crippen molar-refractivity contribution in [2.75, 3.05) is 6.61 Å². The molecule has 0 radical (unpaired) electrons. The molecule has 1 aliphatic rings. The van der Waals surface area contributed by atoms with Crippen molar-refractivity contribution in [3.05, 3.63) is 42.6 Å². The number of unbranched alkanes of at least 4 members (excludes halogenated alkanes) is 8. The minimum atomic E-state index is -0.0964. The lowest BCUT2D eigenvalue weighted by Gasteiger charge is -2.27. The molecule has 1 heterocycles. The van der Waals surface area contributed by atoms with E-state index in [-0.39, 0.29) is 11.9 Å². The van der Waals surface area contributed by atoms with Crippen LogP contribution >= 0.6 is 0 Å². The van der Waals surface area contributed by atoms with Crippen molar-refractivity contribution >= 4 is 5.97 Å². The van der Waals surface area contributed by atoms with Gasteiger partial charge in [0.25, 0.3) is 0 Å². The zero-order chi connectivity index (χ0) is 25.4. The van der Waals surface area contributed by atoms with Crippen LogP contribution in [-0.2, 0) is 4.79 Å². The molecule has 0 aliphatic heterocycles. The van der Waals surface area contributed by atoms with Gasteiger partial charge in [0.15, 0.2) is 0 Å². The number of carbonyl (C=O) groups excluding carboxylic acids is 1. The fourth-order valence-electron chi connectivity index (χ4n) is 5.15. The molecular formula is C32H47NO3. The Morgan fingerprint density at radius 3 is 2.08 bits per heavy atom. The fourth-order valence-corrected chi connectivity index (χ4v) is 5.15. The highest BCUT2D eigenvalue weighted by atomic mass is 16.5. The molecule has 1 fully saturated rings. The topological polar surface area (TPSA) is 48.4 Å². The lowest BCUT2D eigenvalue weighted by Crippen LogP contribution is -2.25. The highest BCUT2D eigenvalue weighted by Gasteiger charge is 2.27. The van der Waals surface area contributed by atoms with E-state index >= 15 is 0 Å². The number of hydrogen-bond donors (Lipinski definition) is 0. The highest BCUT2D eigenvalue weighted by molar-refractivity contribution is 5.75. The molecular weight excluding hydrogens is 446 g/mol. The number of benzene rings is 1. The van der Waals surface area contributed by atoms with Crippen molar-refractivity contribution in [3.63, 3.8) is 0 Å². The molecule has 1 saturated carbocycles. The molecule has 1 aliphatic carbocycles. The first-order chi connectivity index (χ1) is 17.7. The summed E-state index contributed by atoms with van der Waals surface area (Å²) in [6.07, 6.45) is 20.1. The van der Waals surface area contributed by atoms with E-state index in [1.165, 1.54) is 64.2 Å². The van der Waals surface area contributed by atoms with E-state index in [2.05, 4.69) is 18.8 Å². The van der Waals surface area contributed by atoms with Crippen molar-refractivity contribution in [3.8, 4) is 22.8 Å². The number of esters is 1. The van der Waals surface area contributed by atoms with E-state index in [4.69, 9.17) is 9.47 Å². The molecule has 3 rings (SSSR count). The zero-order valence-electron chi connectivity index (χ0n) is 22.7. The number of rotatable bonds is 16. The maximum atomic E-state index is 12.7. The molecule has 198 valence electrons. The molecule has 4 nitrogen and oxygen atoms in total. The molecule has 4 heteroatoms. The Hall–Kier alpha value is -2.36. The monoisotopic (exact) mass is 493 g/mol. The maximum absolute atomic E-state index is 12.7. The fraction of sp³-hybridized carbons (Fsp3) is 0.625. The van der Waals surface area contributed by atoms with Gasteiger partial charge in [-0.1, -0.05) is 78.1 Å². The summed E-state index contributed by atoms with van der Waals surface area (Å²) in [4.78, 5) is 17.2. The number of nitrogens with zero attached hydrogens (tertiary/aromatic N) is 1. The SMILES string of the molecule is CCCCCCCCOc1ccc(-c2ccc(OC(=O)C3CCC(CCCCCC)CC3)cn2)cc1. The van der Waals surface area contributed by atoms with Crippen molar-refractivity contribution in [2.24, 2.45) is 11.8 Å². The number of aromatic nitrogens is 1. The van der Waals surface area contributed by atoms with Crippen molar-refractivity contribution in [1.82, 2.24) is 4.98 Å². The number of hydrogen-bond acceptors (Lipinski definition) is 4. The van der Waals surface area contributed by atoms with Crippen LogP contribution in [0.2, 0.25) is 0 Å². The van der Waals surface area contributed by atoms with Gasteiger partial charge in [-0.05, 0) is 74.4 Å². The van der Waals surface area contributed by atoms with E-state index in [1.807, 2.05) is 36.4 Å². The van der Waals surface area contributed by atoms with Crippen molar-refractivity contribution < 1.29 is 14.3 Å². The molecule has 0 spiro atoms. The largest absolute Gasteiger partial charge is 0.494 e. The second-order valence-corrected chi connectivity index (χ2v) is 10.5. The summed E-state index contributed by atoms with van der Waals surface area (Å²) in [6, 6.07) is 11.8. The molecule has 0 amide bonds. The molecule has 1 aromatic heterocycles. The Morgan fingerprint density at radius 2 is 1.42 bits per heavy atom. The summed E-state index contributed by atoms with van der Waals surface area (Å²) in [5.74, 6) is 2.15. The minimum Gasteiger partial charge on any atom is -0.494 e. The standard InChI is InChI=1S/C32H47NO3/c1-3-5-7-9-10-12-24-35-29-20-18-27(19-21-29)31-23-22-30(25-33-31)36-32(34)28-16-14-26(15-17-28)13-11-8-6-4-2/h18-23,25-26,28H,3-17,24H2,1-2H3. The average molecular weight is 494 g/mol. The van der Waals surface area contributed by atoms with Gasteiger partial charge in [-0.2, -0.15) is 0 Å². The Balaban J connectivity index is 1.37. The molecule has 1 aromatic carbocycles. The third-order valence-corrected chi connectivity index (χ3v) is 7.52. The van der Waals surface area contributed by atoms with E-state index in [9.17, 15) is 4.79 Å². The van der Waals surface area contributed by atoms with Gasteiger partial charge in [0.1, 0.15) is 11.5 Å². The van der Waals surface area contributed by atoms with Gasteiger partial charge in [-0.25, -0.2) is 0 Å². The minimum absolute atomic E-state index is 0.0282. The van der Waals surface area contributed by atoms with Crippen LogP contribution in [0.4, 0.5) is 0 Å². The molecule has 2 aromatic rings. The van der Waals surface area contributed by atoms with E-state index in [0.717, 1.165) is 61.6 Å². The van der Waals surface area contributed by atoms with Crippen LogP contribution < -0.4 is 9.47 Å². The molecule has 36 heavy (non-hydrogen) atoms. The molecule has 0 atom stereocenters. The highest BCUT2D eigenvalue weighted by Crippen LogP contribution is 2.33. The van der Waals surface area contributed by atoms with E-state index < -0.39 is 0 Å². The van der Waals surface area contributed by atoms with Crippen LogP contribution in [0.3, 0.4) is 0 Å². The third kappa shape index (κ3) is 9.95. The second-order valence-electron chi connectivity index (χ2n) is 10.5. The van der Waals surface area contributed by atoms with Crippen LogP contribution in [0.5, 0.6) is 11.5 Å². The average Bonchev–Trinajstić information content (AvgIpc) is 2.92. The van der Waals surface area contributed by atoms with E-state index in [1.54, 1.807) is 6.20 Å². The first-order valence-electron chi connectivity index (χ1n) is 14.6. The summed E-state index contributed by atoms with van der Waals surface area (Å²) in [5.41, 5.74) is 1.89. The van der Waals surface area contributed by atoms with Crippen LogP contribution in [0.1, 0.15) is 110 Å². The maximum Gasteiger partial charge on any atom is 0.314 e. The normalized spacial score (nSPS) is 17.6. The molecule has 0 bridgehead atoms. The van der Waals surface area contributed by atoms with Gasteiger partial charge >= 0.3 is 5.97 Å². The van der Waals surface area contributed by atoms with Gasteiger partial charge in [0, 0.05) is 5.56 Å². The first kappa shape index (κ1) is 28.2. The Morgan fingerprint density at radius 1 is 0.778 bits per heavy atom.